The maximum Gasteiger partial charge on any atom is 0.335 e. The van der Waals surface area contributed by atoms with E-state index < -0.39 is 12.1 Å². The van der Waals surface area contributed by atoms with Gasteiger partial charge in [-0.1, -0.05) is 0 Å². The Morgan fingerprint density at radius 2 is 1.94 bits per heavy atom. The van der Waals surface area contributed by atoms with Crippen LogP contribution in [0.1, 0.15) is 30.1 Å². The molecule has 0 bridgehead atoms. The molecule has 0 spiro atoms. The molecule has 1 atom stereocenters. The van der Waals surface area contributed by atoms with E-state index in [2.05, 4.69) is 5.32 Å². The van der Waals surface area contributed by atoms with Crippen molar-refractivity contribution in [1.82, 2.24) is 5.32 Å². The van der Waals surface area contributed by atoms with Crippen molar-refractivity contribution in [1.29, 1.82) is 0 Å². The molecule has 0 heterocycles. The molecule has 5 nitrogen and oxygen atoms in total. The first-order valence-corrected chi connectivity index (χ1v) is 5.86. The Labute approximate surface area is 105 Å². The van der Waals surface area contributed by atoms with E-state index in [4.69, 9.17) is 9.84 Å². The van der Waals surface area contributed by atoms with Crippen LogP contribution in [-0.4, -0.2) is 29.1 Å². The van der Waals surface area contributed by atoms with Gasteiger partial charge in [-0.25, -0.2) is 4.79 Å². The minimum atomic E-state index is -0.985. The molecule has 96 valence electrons. The van der Waals surface area contributed by atoms with Gasteiger partial charge in [0.1, 0.15) is 5.75 Å². The summed E-state index contributed by atoms with van der Waals surface area (Å²) in [5, 5.41) is 11.6. The number of ether oxygens (including phenoxy) is 1. The third-order valence-electron chi connectivity index (χ3n) is 2.71. The third kappa shape index (κ3) is 3.23. The van der Waals surface area contributed by atoms with Gasteiger partial charge < -0.3 is 15.2 Å². The summed E-state index contributed by atoms with van der Waals surface area (Å²) in [6, 6.07) is 6.29. The van der Waals surface area contributed by atoms with Crippen molar-refractivity contribution in [2.45, 2.75) is 31.9 Å². The van der Waals surface area contributed by atoms with Gasteiger partial charge in [0.25, 0.3) is 5.91 Å². The quantitative estimate of drug-likeness (QED) is 0.827. The van der Waals surface area contributed by atoms with E-state index in [-0.39, 0.29) is 11.5 Å². The van der Waals surface area contributed by atoms with Crippen LogP contribution in [-0.2, 0) is 4.79 Å². The van der Waals surface area contributed by atoms with E-state index in [0.717, 1.165) is 12.8 Å². The topological polar surface area (TPSA) is 75.6 Å². The molecule has 2 rings (SSSR count). The van der Waals surface area contributed by atoms with E-state index in [1.54, 1.807) is 19.1 Å². The molecule has 1 aliphatic carbocycles. The number of rotatable bonds is 5. The number of carbonyl (C=O) groups is 2. The first-order chi connectivity index (χ1) is 8.56. The second-order valence-corrected chi connectivity index (χ2v) is 4.37. The molecule has 0 radical (unpaired) electrons. The highest BCUT2D eigenvalue weighted by Gasteiger charge is 2.26. The molecule has 2 N–H and O–H groups in total. The van der Waals surface area contributed by atoms with Crippen molar-refractivity contribution in [3.63, 3.8) is 0 Å². The number of hydrogen-bond donors (Lipinski definition) is 2. The molecule has 1 saturated carbocycles. The third-order valence-corrected chi connectivity index (χ3v) is 2.71. The minimum absolute atomic E-state index is 0.139. The maximum absolute atomic E-state index is 11.6. The van der Waals surface area contributed by atoms with Crippen LogP contribution in [0, 0.1) is 0 Å². The van der Waals surface area contributed by atoms with Crippen LogP contribution in [0.5, 0.6) is 5.75 Å². The number of carboxylic acid groups (broad SMARTS) is 1. The average molecular weight is 249 g/mol. The second kappa shape index (κ2) is 5.08. The summed E-state index contributed by atoms with van der Waals surface area (Å²) >= 11 is 0. The van der Waals surface area contributed by atoms with Crippen molar-refractivity contribution in [2.75, 3.05) is 0 Å². The summed E-state index contributed by atoms with van der Waals surface area (Å²) in [6.45, 7) is 1.67. The van der Waals surface area contributed by atoms with Crippen LogP contribution in [0.15, 0.2) is 24.3 Å². The number of benzene rings is 1. The zero-order chi connectivity index (χ0) is 13.1. The molecule has 1 aromatic carbocycles. The van der Waals surface area contributed by atoms with Gasteiger partial charge in [0, 0.05) is 6.04 Å². The fraction of sp³-hybridized carbons (Fsp3) is 0.385. The van der Waals surface area contributed by atoms with E-state index >= 15 is 0 Å². The number of aromatic carboxylic acids is 1. The zero-order valence-electron chi connectivity index (χ0n) is 10.1. The Bertz CT molecular complexity index is 451. The Balaban J connectivity index is 1.91. The van der Waals surface area contributed by atoms with Crippen LogP contribution >= 0.6 is 0 Å². The predicted molar refractivity (Wildman–Crippen MR) is 64.7 cm³/mol. The molecule has 0 aliphatic heterocycles. The first kappa shape index (κ1) is 12.4. The lowest BCUT2D eigenvalue weighted by Gasteiger charge is -2.14. The molecule has 1 amide bonds. The number of amides is 1. The average Bonchev–Trinajstić information content (AvgIpc) is 3.13. The van der Waals surface area contributed by atoms with Crippen LogP contribution in [0.25, 0.3) is 0 Å². The molecular weight excluding hydrogens is 234 g/mol. The monoisotopic (exact) mass is 249 g/mol. The van der Waals surface area contributed by atoms with E-state index in [9.17, 15) is 9.59 Å². The summed E-state index contributed by atoms with van der Waals surface area (Å²) in [5.74, 6) is -0.640. The number of carboxylic acids is 1. The lowest BCUT2D eigenvalue weighted by molar-refractivity contribution is -0.127. The fourth-order valence-corrected chi connectivity index (χ4v) is 1.48. The number of hydrogen-bond acceptors (Lipinski definition) is 3. The summed E-state index contributed by atoms with van der Waals surface area (Å²) in [5.41, 5.74) is 0.192. The molecule has 0 aromatic heterocycles. The first-order valence-electron chi connectivity index (χ1n) is 5.86. The SMILES string of the molecule is CC(Oc1ccc(C(=O)O)cc1)C(=O)NC1CC1. The van der Waals surface area contributed by atoms with Crippen molar-refractivity contribution >= 4 is 11.9 Å². The molecule has 1 aliphatic rings. The Kier molecular flexibility index (Phi) is 3.50. The molecular formula is C13H15NO4. The van der Waals surface area contributed by atoms with Gasteiger partial charge in [-0.2, -0.15) is 0 Å². The van der Waals surface area contributed by atoms with Crippen LogP contribution in [0.3, 0.4) is 0 Å². The molecule has 5 heteroatoms. The fourth-order valence-electron chi connectivity index (χ4n) is 1.48. The molecule has 1 unspecified atom stereocenters. The van der Waals surface area contributed by atoms with E-state index in [1.807, 2.05) is 0 Å². The molecule has 0 saturated heterocycles. The highest BCUT2D eigenvalue weighted by atomic mass is 16.5. The normalized spacial score (nSPS) is 15.8. The lowest BCUT2D eigenvalue weighted by Crippen LogP contribution is -2.37. The summed E-state index contributed by atoms with van der Waals surface area (Å²) in [6.07, 6.45) is 1.48. The van der Waals surface area contributed by atoms with Gasteiger partial charge in [0.2, 0.25) is 0 Å². The number of carbonyl (C=O) groups excluding carboxylic acids is 1. The van der Waals surface area contributed by atoms with Gasteiger partial charge in [0.15, 0.2) is 6.10 Å². The molecule has 1 aromatic rings. The zero-order valence-corrected chi connectivity index (χ0v) is 10.1. The van der Waals surface area contributed by atoms with Crippen molar-refractivity contribution in [3.05, 3.63) is 29.8 Å². The highest BCUT2D eigenvalue weighted by Crippen LogP contribution is 2.19. The summed E-state index contributed by atoms with van der Waals surface area (Å²) < 4.78 is 5.43. The van der Waals surface area contributed by atoms with Crippen molar-refractivity contribution < 1.29 is 19.4 Å². The summed E-state index contributed by atoms with van der Waals surface area (Å²) in [7, 11) is 0. The van der Waals surface area contributed by atoms with E-state index in [0.29, 0.717) is 11.8 Å². The van der Waals surface area contributed by atoms with Crippen molar-refractivity contribution in [3.8, 4) is 5.75 Å². The van der Waals surface area contributed by atoms with Gasteiger partial charge in [-0.15, -0.1) is 0 Å². The largest absolute Gasteiger partial charge is 0.481 e. The van der Waals surface area contributed by atoms with E-state index in [1.165, 1.54) is 12.1 Å². The molecule has 18 heavy (non-hydrogen) atoms. The van der Waals surface area contributed by atoms with Gasteiger partial charge >= 0.3 is 5.97 Å². The van der Waals surface area contributed by atoms with Gasteiger partial charge in [-0.05, 0) is 44.0 Å². The second-order valence-electron chi connectivity index (χ2n) is 4.37. The number of nitrogens with one attached hydrogen (secondary N) is 1. The van der Waals surface area contributed by atoms with Crippen LogP contribution in [0.2, 0.25) is 0 Å². The Morgan fingerprint density at radius 3 is 2.44 bits per heavy atom. The molecule has 1 fully saturated rings. The predicted octanol–water partition coefficient (Wildman–Crippen LogP) is 1.43. The van der Waals surface area contributed by atoms with Crippen molar-refractivity contribution in [2.24, 2.45) is 0 Å². The minimum Gasteiger partial charge on any atom is -0.481 e. The van der Waals surface area contributed by atoms with Gasteiger partial charge in [-0.3, -0.25) is 4.79 Å². The standard InChI is InChI=1S/C13H15NO4/c1-8(12(15)14-10-4-5-10)18-11-6-2-9(3-7-11)13(16)17/h2-3,6-8,10H,4-5H2,1H3,(H,14,15)(H,16,17). The lowest BCUT2D eigenvalue weighted by atomic mass is 10.2. The van der Waals surface area contributed by atoms with Crippen LogP contribution < -0.4 is 10.1 Å². The smallest absolute Gasteiger partial charge is 0.335 e. The Morgan fingerprint density at radius 1 is 1.33 bits per heavy atom. The maximum atomic E-state index is 11.6. The highest BCUT2D eigenvalue weighted by molar-refractivity contribution is 5.87. The van der Waals surface area contributed by atoms with Crippen LogP contribution in [0.4, 0.5) is 0 Å². The Hall–Kier alpha value is -2.04. The summed E-state index contributed by atoms with van der Waals surface area (Å²) in [4.78, 5) is 22.3. The van der Waals surface area contributed by atoms with Gasteiger partial charge in [0.05, 0.1) is 5.56 Å².